The molecule has 1 heterocycles. The molecular weight excluding hydrogens is 246 g/mol. The molecular formula is C14H21NO4. The number of aliphatic carboxylic acids is 1. The second-order valence-electron chi connectivity index (χ2n) is 6.31. The van der Waals surface area contributed by atoms with Crippen molar-refractivity contribution in [1.29, 1.82) is 0 Å². The van der Waals surface area contributed by atoms with Gasteiger partial charge in [-0.2, -0.15) is 0 Å². The Kier molecular flexibility index (Phi) is 3.25. The van der Waals surface area contributed by atoms with Crippen molar-refractivity contribution < 1.29 is 19.4 Å². The minimum atomic E-state index is -0.756. The number of hydrogen-bond acceptors (Lipinski definition) is 3. The van der Waals surface area contributed by atoms with Gasteiger partial charge in [0, 0.05) is 6.04 Å². The number of carboxylic acid groups (broad SMARTS) is 1. The maximum atomic E-state index is 12.2. The zero-order chi connectivity index (χ0) is 13.6. The first kappa shape index (κ1) is 12.9. The molecule has 0 aromatic heterocycles. The van der Waals surface area contributed by atoms with Crippen LogP contribution in [0.4, 0.5) is 0 Å². The van der Waals surface area contributed by atoms with Crippen LogP contribution in [0.3, 0.4) is 0 Å². The van der Waals surface area contributed by atoms with Crippen molar-refractivity contribution >= 4 is 11.9 Å². The topological polar surface area (TPSA) is 75.6 Å². The summed E-state index contributed by atoms with van der Waals surface area (Å²) >= 11 is 0. The molecule has 0 spiro atoms. The Balaban J connectivity index is 1.65. The molecule has 3 rings (SSSR count). The molecule has 3 fully saturated rings. The molecule has 0 aromatic rings. The first-order valence-electron chi connectivity index (χ1n) is 7.21. The average molecular weight is 267 g/mol. The fourth-order valence-corrected chi connectivity index (χ4v) is 4.14. The number of nitrogens with one attached hydrogen (secondary N) is 1. The van der Waals surface area contributed by atoms with Gasteiger partial charge in [0.05, 0.1) is 24.5 Å². The maximum absolute atomic E-state index is 12.2. The number of fused-ring (bicyclic) bond motifs is 2. The third-order valence-electron chi connectivity index (χ3n) is 5.08. The molecule has 2 saturated carbocycles. The first-order chi connectivity index (χ1) is 9.06. The summed E-state index contributed by atoms with van der Waals surface area (Å²) in [7, 11) is 0. The van der Waals surface area contributed by atoms with Crippen LogP contribution in [-0.2, 0) is 14.3 Å². The van der Waals surface area contributed by atoms with Crippen molar-refractivity contribution in [2.24, 2.45) is 23.7 Å². The molecule has 5 nitrogen and oxygen atoms in total. The van der Waals surface area contributed by atoms with Crippen LogP contribution in [0.15, 0.2) is 0 Å². The van der Waals surface area contributed by atoms with E-state index in [1.54, 1.807) is 0 Å². The molecule has 0 radical (unpaired) electrons. The minimum Gasteiger partial charge on any atom is -0.481 e. The molecule has 1 amide bonds. The fraction of sp³-hybridized carbons (Fsp3) is 0.857. The highest BCUT2D eigenvalue weighted by molar-refractivity contribution is 5.81. The van der Waals surface area contributed by atoms with E-state index in [0.717, 1.165) is 25.7 Å². The van der Waals surface area contributed by atoms with Crippen molar-refractivity contribution in [3.8, 4) is 0 Å². The summed E-state index contributed by atoms with van der Waals surface area (Å²) in [5.41, 5.74) is 0. The standard InChI is InChI=1S/C14H21NO4/c1-7-4-10(6-19-7)13(16)15-12-9-3-2-8(5-9)11(12)14(17)18/h7-12H,2-6H2,1H3,(H,15,16)(H,17,18). The summed E-state index contributed by atoms with van der Waals surface area (Å²) < 4.78 is 5.41. The zero-order valence-corrected chi connectivity index (χ0v) is 11.2. The Hall–Kier alpha value is -1.10. The van der Waals surface area contributed by atoms with Gasteiger partial charge in [-0.05, 0) is 44.4 Å². The van der Waals surface area contributed by atoms with Crippen LogP contribution in [0.2, 0.25) is 0 Å². The number of ether oxygens (including phenoxy) is 1. The van der Waals surface area contributed by atoms with E-state index in [-0.39, 0.29) is 35.8 Å². The molecule has 6 atom stereocenters. The van der Waals surface area contributed by atoms with Crippen LogP contribution in [0.1, 0.15) is 32.6 Å². The molecule has 19 heavy (non-hydrogen) atoms. The second-order valence-corrected chi connectivity index (χ2v) is 6.31. The Morgan fingerprint density at radius 1 is 1.21 bits per heavy atom. The van der Waals surface area contributed by atoms with Crippen LogP contribution in [0, 0.1) is 23.7 Å². The molecule has 2 bridgehead atoms. The van der Waals surface area contributed by atoms with Gasteiger partial charge in [0.2, 0.25) is 5.91 Å². The van der Waals surface area contributed by atoms with Crippen LogP contribution in [0.25, 0.3) is 0 Å². The molecule has 1 aliphatic heterocycles. The molecule has 3 aliphatic rings. The summed E-state index contributed by atoms with van der Waals surface area (Å²) in [6.45, 7) is 2.43. The number of rotatable bonds is 3. The van der Waals surface area contributed by atoms with Crippen molar-refractivity contribution in [3.05, 3.63) is 0 Å². The van der Waals surface area contributed by atoms with Crippen molar-refractivity contribution in [1.82, 2.24) is 5.32 Å². The van der Waals surface area contributed by atoms with E-state index >= 15 is 0 Å². The third kappa shape index (κ3) is 2.24. The van der Waals surface area contributed by atoms with Gasteiger partial charge in [-0.25, -0.2) is 0 Å². The predicted octanol–water partition coefficient (Wildman–Crippen LogP) is 1.03. The van der Waals surface area contributed by atoms with E-state index < -0.39 is 5.97 Å². The van der Waals surface area contributed by atoms with Gasteiger partial charge in [0.1, 0.15) is 0 Å². The van der Waals surface area contributed by atoms with Crippen LogP contribution in [-0.4, -0.2) is 35.7 Å². The van der Waals surface area contributed by atoms with Crippen molar-refractivity contribution in [2.75, 3.05) is 6.61 Å². The van der Waals surface area contributed by atoms with E-state index in [9.17, 15) is 14.7 Å². The van der Waals surface area contributed by atoms with E-state index in [1.165, 1.54) is 0 Å². The lowest BCUT2D eigenvalue weighted by atomic mass is 9.84. The quantitative estimate of drug-likeness (QED) is 0.800. The Bertz CT molecular complexity index is 397. The SMILES string of the molecule is CC1CC(C(=O)NC2C3CCC(C3)C2C(=O)O)CO1. The monoisotopic (exact) mass is 267 g/mol. The number of hydrogen-bond donors (Lipinski definition) is 2. The normalized spacial score (nSPS) is 44.5. The van der Waals surface area contributed by atoms with Crippen molar-refractivity contribution in [2.45, 2.75) is 44.8 Å². The van der Waals surface area contributed by atoms with Crippen molar-refractivity contribution in [3.63, 3.8) is 0 Å². The minimum absolute atomic E-state index is 0.0202. The van der Waals surface area contributed by atoms with E-state index in [2.05, 4.69) is 5.32 Å². The Morgan fingerprint density at radius 2 is 1.95 bits per heavy atom. The Morgan fingerprint density at radius 3 is 2.58 bits per heavy atom. The number of carboxylic acids is 1. The van der Waals surface area contributed by atoms with E-state index in [1.807, 2.05) is 6.92 Å². The lowest BCUT2D eigenvalue weighted by Crippen LogP contribution is -2.48. The maximum Gasteiger partial charge on any atom is 0.308 e. The number of amides is 1. The summed E-state index contributed by atoms with van der Waals surface area (Å²) in [5, 5.41) is 12.4. The van der Waals surface area contributed by atoms with Gasteiger partial charge in [-0.15, -0.1) is 0 Å². The van der Waals surface area contributed by atoms with Gasteiger partial charge < -0.3 is 15.2 Å². The molecule has 2 N–H and O–H groups in total. The third-order valence-corrected chi connectivity index (χ3v) is 5.08. The zero-order valence-electron chi connectivity index (χ0n) is 11.2. The highest BCUT2D eigenvalue weighted by Crippen LogP contribution is 2.48. The smallest absolute Gasteiger partial charge is 0.308 e. The summed E-state index contributed by atoms with van der Waals surface area (Å²) in [4.78, 5) is 23.6. The Labute approximate surface area is 112 Å². The lowest BCUT2D eigenvalue weighted by Gasteiger charge is -2.29. The highest BCUT2D eigenvalue weighted by Gasteiger charge is 2.52. The highest BCUT2D eigenvalue weighted by atomic mass is 16.5. The average Bonchev–Trinajstić information content (AvgIpc) is 3.03. The van der Waals surface area contributed by atoms with E-state index in [0.29, 0.717) is 12.5 Å². The molecule has 2 aliphatic carbocycles. The van der Waals surface area contributed by atoms with Crippen LogP contribution < -0.4 is 5.32 Å². The van der Waals surface area contributed by atoms with Gasteiger partial charge >= 0.3 is 5.97 Å². The molecule has 1 saturated heterocycles. The largest absolute Gasteiger partial charge is 0.481 e. The van der Waals surface area contributed by atoms with Gasteiger partial charge in [-0.1, -0.05) is 0 Å². The molecule has 0 aromatic carbocycles. The van der Waals surface area contributed by atoms with Crippen LogP contribution >= 0.6 is 0 Å². The van der Waals surface area contributed by atoms with Gasteiger partial charge in [0.25, 0.3) is 0 Å². The van der Waals surface area contributed by atoms with Gasteiger partial charge in [-0.3, -0.25) is 9.59 Å². The van der Waals surface area contributed by atoms with Gasteiger partial charge in [0.15, 0.2) is 0 Å². The van der Waals surface area contributed by atoms with E-state index in [4.69, 9.17) is 4.74 Å². The summed E-state index contributed by atoms with van der Waals surface area (Å²) in [6.07, 6.45) is 3.88. The molecule has 6 unspecified atom stereocenters. The molecule has 106 valence electrons. The first-order valence-corrected chi connectivity index (χ1v) is 7.21. The second kappa shape index (κ2) is 4.78. The summed E-state index contributed by atoms with van der Waals surface area (Å²) in [6, 6.07) is -0.167. The predicted molar refractivity (Wildman–Crippen MR) is 67.4 cm³/mol. The number of carbonyl (C=O) groups excluding carboxylic acids is 1. The number of carbonyl (C=O) groups is 2. The fourth-order valence-electron chi connectivity index (χ4n) is 4.14. The lowest BCUT2D eigenvalue weighted by molar-refractivity contribution is -0.145. The van der Waals surface area contributed by atoms with Crippen LogP contribution in [0.5, 0.6) is 0 Å². The molecule has 5 heteroatoms. The summed E-state index contributed by atoms with van der Waals surface area (Å²) in [5.74, 6) is -0.658.